The zero-order valence-electron chi connectivity index (χ0n) is 14.0. The molecule has 1 aliphatic heterocycles. The molecule has 0 bridgehead atoms. The van der Waals surface area contributed by atoms with Crippen molar-refractivity contribution in [2.75, 3.05) is 23.3 Å². The highest BCUT2D eigenvalue weighted by molar-refractivity contribution is 5.51. The highest BCUT2D eigenvalue weighted by Gasteiger charge is 2.19. The van der Waals surface area contributed by atoms with Crippen LogP contribution in [0.25, 0.3) is 0 Å². The number of aliphatic hydroxyl groups is 1. The Morgan fingerprint density at radius 3 is 2.83 bits per heavy atom. The molecule has 0 fully saturated rings. The number of benzene rings is 1. The molecule has 0 saturated heterocycles. The maximum atomic E-state index is 9.73. The fourth-order valence-corrected chi connectivity index (χ4v) is 3.01. The molecule has 2 heterocycles. The molecule has 1 aromatic heterocycles. The molecule has 1 atom stereocenters. The van der Waals surface area contributed by atoms with Crippen molar-refractivity contribution in [1.82, 2.24) is 9.97 Å². The van der Waals surface area contributed by atoms with Crippen molar-refractivity contribution in [2.45, 2.75) is 39.8 Å². The second-order valence-electron chi connectivity index (χ2n) is 6.06. The van der Waals surface area contributed by atoms with Crippen molar-refractivity contribution in [1.29, 1.82) is 0 Å². The Balaban J connectivity index is 1.84. The topological polar surface area (TPSA) is 61.3 Å². The van der Waals surface area contributed by atoms with Crippen LogP contribution in [0.2, 0.25) is 0 Å². The summed E-state index contributed by atoms with van der Waals surface area (Å²) < 4.78 is 0. The summed E-state index contributed by atoms with van der Waals surface area (Å²) in [5.41, 5.74) is 3.63. The van der Waals surface area contributed by atoms with Gasteiger partial charge in [0.25, 0.3) is 0 Å². The first-order valence-electron chi connectivity index (χ1n) is 8.21. The van der Waals surface area contributed by atoms with Gasteiger partial charge >= 0.3 is 0 Å². The summed E-state index contributed by atoms with van der Waals surface area (Å²) in [5.74, 6) is 2.64. The van der Waals surface area contributed by atoms with Crippen molar-refractivity contribution in [3.63, 3.8) is 0 Å². The number of nitrogens with zero attached hydrogens (tertiary/aromatic N) is 3. The van der Waals surface area contributed by atoms with Gasteiger partial charge in [-0.05, 0) is 43.9 Å². The quantitative estimate of drug-likeness (QED) is 0.909. The fourth-order valence-electron chi connectivity index (χ4n) is 3.01. The van der Waals surface area contributed by atoms with Gasteiger partial charge in [-0.25, -0.2) is 9.97 Å². The van der Waals surface area contributed by atoms with Crippen LogP contribution in [0.3, 0.4) is 0 Å². The van der Waals surface area contributed by atoms with Crippen molar-refractivity contribution in [2.24, 2.45) is 0 Å². The van der Waals surface area contributed by atoms with Gasteiger partial charge in [-0.2, -0.15) is 0 Å². The molecule has 5 nitrogen and oxygen atoms in total. The van der Waals surface area contributed by atoms with Crippen LogP contribution < -0.4 is 10.2 Å². The third-order valence-electron chi connectivity index (χ3n) is 4.23. The molecular weight excluding hydrogens is 288 g/mol. The number of rotatable bonds is 4. The van der Waals surface area contributed by atoms with Crippen LogP contribution >= 0.6 is 0 Å². The SMILES string of the molecule is CCNc1cc(N2CCc3cc([C@H](C)O)ccc3C2)nc(C)n1. The lowest BCUT2D eigenvalue weighted by Gasteiger charge is -2.30. The van der Waals surface area contributed by atoms with Crippen LogP contribution in [0.1, 0.15) is 42.5 Å². The standard InChI is InChI=1S/C18H24N4O/c1-4-19-17-10-18(21-13(3)20-17)22-8-7-15-9-14(12(2)23)5-6-16(15)11-22/h5-6,9-10,12,23H,4,7-8,11H2,1-3H3,(H,19,20,21)/t12-/m0/s1. The molecule has 0 spiro atoms. The first-order valence-corrected chi connectivity index (χ1v) is 8.21. The zero-order valence-corrected chi connectivity index (χ0v) is 14.0. The summed E-state index contributed by atoms with van der Waals surface area (Å²) in [6, 6.07) is 8.30. The zero-order chi connectivity index (χ0) is 16.4. The van der Waals surface area contributed by atoms with E-state index in [9.17, 15) is 5.11 Å². The molecule has 0 unspecified atom stereocenters. The number of aryl methyl sites for hydroxylation is 1. The van der Waals surface area contributed by atoms with E-state index >= 15 is 0 Å². The number of anilines is 2. The highest BCUT2D eigenvalue weighted by Crippen LogP contribution is 2.26. The minimum Gasteiger partial charge on any atom is -0.389 e. The number of hydrogen-bond donors (Lipinski definition) is 2. The van der Waals surface area contributed by atoms with Gasteiger partial charge in [-0.15, -0.1) is 0 Å². The van der Waals surface area contributed by atoms with Gasteiger partial charge in [0, 0.05) is 25.7 Å². The van der Waals surface area contributed by atoms with Crippen LogP contribution in [0, 0.1) is 6.92 Å². The van der Waals surface area contributed by atoms with Crippen molar-refractivity contribution in [3.05, 3.63) is 46.8 Å². The van der Waals surface area contributed by atoms with E-state index in [-0.39, 0.29) is 0 Å². The Morgan fingerprint density at radius 2 is 2.09 bits per heavy atom. The normalized spacial score (nSPS) is 15.2. The van der Waals surface area contributed by atoms with E-state index in [2.05, 4.69) is 39.2 Å². The Morgan fingerprint density at radius 1 is 1.26 bits per heavy atom. The summed E-state index contributed by atoms with van der Waals surface area (Å²) in [4.78, 5) is 11.3. The molecule has 5 heteroatoms. The van der Waals surface area contributed by atoms with E-state index < -0.39 is 6.10 Å². The molecule has 2 N–H and O–H groups in total. The minimum absolute atomic E-state index is 0.412. The van der Waals surface area contributed by atoms with Gasteiger partial charge < -0.3 is 15.3 Å². The molecule has 1 aliphatic rings. The molecule has 2 aromatic rings. The number of fused-ring (bicyclic) bond motifs is 1. The predicted octanol–water partition coefficient (Wildman–Crippen LogP) is 2.83. The van der Waals surface area contributed by atoms with Gasteiger partial charge in [0.2, 0.25) is 0 Å². The molecule has 0 radical (unpaired) electrons. The number of aliphatic hydroxyl groups excluding tert-OH is 1. The second-order valence-corrected chi connectivity index (χ2v) is 6.06. The van der Waals surface area contributed by atoms with Crippen LogP contribution in [0.4, 0.5) is 11.6 Å². The van der Waals surface area contributed by atoms with Gasteiger partial charge in [0.1, 0.15) is 17.5 Å². The first kappa shape index (κ1) is 15.7. The lowest BCUT2D eigenvalue weighted by Crippen LogP contribution is -2.31. The van der Waals surface area contributed by atoms with Gasteiger partial charge in [-0.1, -0.05) is 18.2 Å². The average Bonchev–Trinajstić information content (AvgIpc) is 2.53. The molecule has 122 valence electrons. The first-order chi connectivity index (χ1) is 11.1. The summed E-state index contributed by atoms with van der Waals surface area (Å²) in [7, 11) is 0. The largest absolute Gasteiger partial charge is 0.389 e. The molecule has 23 heavy (non-hydrogen) atoms. The number of aromatic nitrogens is 2. The molecule has 1 aromatic carbocycles. The van der Waals surface area contributed by atoms with Gasteiger partial charge in [0.05, 0.1) is 6.10 Å². The minimum atomic E-state index is -0.412. The predicted molar refractivity (Wildman–Crippen MR) is 92.8 cm³/mol. The Kier molecular flexibility index (Phi) is 4.48. The molecule has 0 saturated carbocycles. The van der Waals surface area contributed by atoms with Gasteiger partial charge in [-0.3, -0.25) is 0 Å². The maximum Gasteiger partial charge on any atom is 0.134 e. The third kappa shape index (κ3) is 3.45. The smallest absolute Gasteiger partial charge is 0.134 e. The molecule has 0 amide bonds. The summed E-state index contributed by atoms with van der Waals surface area (Å²) >= 11 is 0. The second kappa shape index (κ2) is 6.54. The van der Waals surface area contributed by atoms with Crippen molar-refractivity contribution in [3.8, 4) is 0 Å². The summed E-state index contributed by atoms with van der Waals surface area (Å²) in [6.07, 6.45) is 0.556. The maximum absolute atomic E-state index is 9.73. The fraction of sp³-hybridized carbons (Fsp3) is 0.444. The van der Waals surface area contributed by atoms with Crippen molar-refractivity contribution < 1.29 is 5.11 Å². The van der Waals surface area contributed by atoms with Gasteiger partial charge in [0.15, 0.2) is 0 Å². The number of hydrogen-bond acceptors (Lipinski definition) is 5. The Labute approximate surface area is 137 Å². The molecular formula is C18H24N4O. The lowest BCUT2D eigenvalue weighted by molar-refractivity contribution is 0.199. The van der Waals surface area contributed by atoms with E-state index in [4.69, 9.17) is 0 Å². The van der Waals surface area contributed by atoms with E-state index in [1.54, 1.807) is 0 Å². The van der Waals surface area contributed by atoms with Crippen LogP contribution in [0.15, 0.2) is 24.3 Å². The molecule has 3 rings (SSSR count). The van der Waals surface area contributed by atoms with Crippen LogP contribution in [0.5, 0.6) is 0 Å². The van der Waals surface area contributed by atoms with Crippen molar-refractivity contribution >= 4 is 11.6 Å². The van der Waals surface area contributed by atoms with E-state index in [0.29, 0.717) is 0 Å². The highest BCUT2D eigenvalue weighted by atomic mass is 16.3. The molecule has 0 aliphatic carbocycles. The van der Waals surface area contributed by atoms with E-state index in [1.165, 1.54) is 11.1 Å². The third-order valence-corrected chi connectivity index (χ3v) is 4.23. The lowest BCUT2D eigenvalue weighted by atomic mass is 9.96. The summed E-state index contributed by atoms with van der Waals surface area (Å²) in [6.45, 7) is 8.42. The Bertz CT molecular complexity index is 699. The number of nitrogens with one attached hydrogen (secondary N) is 1. The van der Waals surface area contributed by atoms with Crippen LogP contribution in [-0.2, 0) is 13.0 Å². The van der Waals surface area contributed by atoms with Crippen LogP contribution in [-0.4, -0.2) is 28.2 Å². The Hall–Kier alpha value is -2.14. The monoisotopic (exact) mass is 312 g/mol. The summed E-state index contributed by atoms with van der Waals surface area (Å²) in [5, 5.41) is 13.0. The average molecular weight is 312 g/mol. The van der Waals surface area contributed by atoms with E-state index in [1.807, 2.05) is 26.0 Å². The van der Waals surface area contributed by atoms with E-state index in [0.717, 1.165) is 49.1 Å².